The number of hydrogen-bond donors (Lipinski definition) is 1. The molecule has 1 aliphatic rings. The van der Waals surface area contributed by atoms with Crippen LogP contribution in [0.2, 0.25) is 0 Å². The second-order valence-electron chi connectivity index (χ2n) is 4.12. The standard InChI is InChI=1S/C13H10N4O2/c1-7-2-10-11(19-6-18-10)3-9(7)13-16-5-8(4-14)12(15)17-13/h2-3,5H,6H2,1H3,(H2,15,16,17). The van der Waals surface area contributed by atoms with Crippen molar-refractivity contribution in [2.75, 3.05) is 12.5 Å². The van der Waals surface area contributed by atoms with E-state index in [1.54, 1.807) is 0 Å². The summed E-state index contributed by atoms with van der Waals surface area (Å²) in [6, 6.07) is 5.62. The summed E-state index contributed by atoms with van der Waals surface area (Å²) in [4.78, 5) is 8.31. The number of nitrogens with two attached hydrogens (primary N) is 1. The first-order valence-corrected chi connectivity index (χ1v) is 5.62. The van der Waals surface area contributed by atoms with Gasteiger partial charge in [-0.1, -0.05) is 0 Å². The molecular weight excluding hydrogens is 244 g/mol. The van der Waals surface area contributed by atoms with Gasteiger partial charge in [0.1, 0.15) is 17.5 Å². The van der Waals surface area contributed by atoms with Gasteiger partial charge in [0.15, 0.2) is 17.3 Å². The molecule has 19 heavy (non-hydrogen) atoms. The van der Waals surface area contributed by atoms with Crippen LogP contribution in [0.1, 0.15) is 11.1 Å². The molecule has 3 rings (SSSR count). The zero-order valence-corrected chi connectivity index (χ0v) is 10.2. The van der Waals surface area contributed by atoms with E-state index in [1.807, 2.05) is 25.1 Å². The Kier molecular flexibility index (Phi) is 2.46. The minimum absolute atomic E-state index is 0.171. The number of nitrogens with zero attached hydrogens (tertiary/aromatic N) is 3. The minimum atomic E-state index is 0.171. The average molecular weight is 254 g/mol. The summed E-state index contributed by atoms with van der Waals surface area (Å²) in [5.41, 5.74) is 7.73. The van der Waals surface area contributed by atoms with Gasteiger partial charge in [-0.05, 0) is 24.6 Å². The number of nitriles is 1. The van der Waals surface area contributed by atoms with Crippen LogP contribution < -0.4 is 15.2 Å². The molecule has 6 heteroatoms. The highest BCUT2D eigenvalue weighted by Gasteiger charge is 2.18. The molecule has 0 saturated carbocycles. The van der Waals surface area contributed by atoms with Crippen LogP contribution in [0.15, 0.2) is 18.3 Å². The third-order valence-corrected chi connectivity index (χ3v) is 2.90. The minimum Gasteiger partial charge on any atom is -0.454 e. The number of nitrogen functional groups attached to an aromatic ring is 1. The molecule has 6 nitrogen and oxygen atoms in total. The molecule has 0 unspecified atom stereocenters. The van der Waals surface area contributed by atoms with E-state index in [1.165, 1.54) is 6.20 Å². The largest absolute Gasteiger partial charge is 0.454 e. The van der Waals surface area contributed by atoms with Crippen molar-refractivity contribution in [3.05, 3.63) is 29.5 Å². The first-order valence-electron chi connectivity index (χ1n) is 5.62. The summed E-state index contributed by atoms with van der Waals surface area (Å²) in [5.74, 6) is 2.01. The number of rotatable bonds is 1. The summed E-state index contributed by atoms with van der Waals surface area (Å²) in [7, 11) is 0. The molecule has 0 saturated heterocycles. The molecule has 0 radical (unpaired) electrons. The van der Waals surface area contributed by atoms with Crippen molar-refractivity contribution in [2.24, 2.45) is 0 Å². The molecule has 1 aliphatic heterocycles. The number of fused-ring (bicyclic) bond motifs is 1. The van der Waals surface area contributed by atoms with Gasteiger partial charge in [0.05, 0.1) is 6.20 Å². The molecule has 1 aromatic heterocycles. The van der Waals surface area contributed by atoms with Gasteiger partial charge in [-0.25, -0.2) is 9.97 Å². The van der Waals surface area contributed by atoms with Gasteiger partial charge < -0.3 is 15.2 Å². The van der Waals surface area contributed by atoms with Gasteiger partial charge in [0, 0.05) is 5.56 Å². The van der Waals surface area contributed by atoms with E-state index >= 15 is 0 Å². The van der Waals surface area contributed by atoms with Gasteiger partial charge in [-0.3, -0.25) is 0 Å². The Labute approximate surface area is 109 Å². The predicted octanol–water partition coefficient (Wildman–Crippen LogP) is 1.63. The van der Waals surface area contributed by atoms with Crippen molar-refractivity contribution < 1.29 is 9.47 Å². The van der Waals surface area contributed by atoms with Gasteiger partial charge in [-0.15, -0.1) is 0 Å². The zero-order chi connectivity index (χ0) is 13.4. The fourth-order valence-electron chi connectivity index (χ4n) is 1.90. The number of ether oxygens (including phenoxy) is 2. The van der Waals surface area contributed by atoms with Gasteiger partial charge in [-0.2, -0.15) is 5.26 Å². The Morgan fingerprint density at radius 2 is 2.05 bits per heavy atom. The fourth-order valence-corrected chi connectivity index (χ4v) is 1.90. The second-order valence-corrected chi connectivity index (χ2v) is 4.12. The highest BCUT2D eigenvalue weighted by molar-refractivity contribution is 5.67. The molecular formula is C13H10N4O2. The number of benzene rings is 1. The maximum Gasteiger partial charge on any atom is 0.231 e. The molecule has 2 aromatic rings. The molecule has 2 heterocycles. The summed E-state index contributed by atoms with van der Waals surface area (Å²) in [6.07, 6.45) is 1.42. The number of aromatic nitrogens is 2. The third-order valence-electron chi connectivity index (χ3n) is 2.90. The molecule has 0 spiro atoms. The van der Waals surface area contributed by atoms with Crippen molar-refractivity contribution >= 4 is 5.82 Å². The molecule has 2 N–H and O–H groups in total. The van der Waals surface area contributed by atoms with Crippen LogP contribution in [0.25, 0.3) is 11.4 Å². The van der Waals surface area contributed by atoms with Gasteiger partial charge >= 0.3 is 0 Å². The lowest BCUT2D eigenvalue weighted by molar-refractivity contribution is 0.174. The lowest BCUT2D eigenvalue weighted by Crippen LogP contribution is -2.00. The summed E-state index contributed by atoms with van der Waals surface area (Å²) in [5, 5.41) is 8.81. The van der Waals surface area contributed by atoms with Crippen LogP contribution in [-0.4, -0.2) is 16.8 Å². The Bertz CT molecular complexity index is 707. The van der Waals surface area contributed by atoms with Crippen LogP contribution in [0, 0.1) is 18.3 Å². The predicted molar refractivity (Wildman–Crippen MR) is 67.5 cm³/mol. The molecule has 1 aromatic carbocycles. The van der Waals surface area contributed by atoms with E-state index in [9.17, 15) is 0 Å². The van der Waals surface area contributed by atoms with Crippen molar-refractivity contribution in [1.82, 2.24) is 9.97 Å². The maximum absolute atomic E-state index is 8.81. The molecule has 0 amide bonds. The molecule has 0 aliphatic carbocycles. The van der Waals surface area contributed by atoms with Crippen LogP contribution >= 0.6 is 0 Å². The Morgan fingerprint density at radius 1 is 1.32 bits per heavy atom. The van der Waals surface area contributed by atoms with Crippen molar-refractivity contribution in [3.63, 3.8) is 0 Å². The summed E-state index contributed by atoms with van der Waals surface area (Å²) in [6.45, 7) is 2.14. The van der Waals surface area contributed by atoms with E-state index in [-0.39, 0.29) is 18.2 Å². The van der Waals surface area contributed by atoms with E-state index in [0.29, 0.717) is 17.3 Å². The molecule has 0 bridgehead atoms. The molecule has 0 fully saturated rings. The normalized spacial score (nSPS) is 12.2. The van der Waals surface area contributed by atoms with Crippen LogP contribution in [0.3, 0.4) is 0 Å². The van der Waals surface area contributed by atoms with E-state index in [4.69, 9.17) is 20.5 Å². The molecule has 94 valence electrons. The molecule has 0 atom stereocenters. The highest BCUT2D eigenvalue weighted by Crippen LogP contribution is 2.37. The lowest BCUT2D eigenvalue weighted by atomic mass is 10.1. The first-order chi connectivity index (χ1) is 9.19. The van der Waals surface area contributed by atoms with Crippen LogP contribution in [-0.2, 0) is 0 Å². The second kappa shape index (κ2) is 4.14. The smallest absolute Gasteiger partial charge is 0.231 e. The first kappa shape index (κ1) is 11.3. The average Bonchev–Trinajstić information content (AvgIpc) is 2.84. The Hall–Kier alpha value is -2.81. The monoisotopic (exact) mass is 254 g/mol. The lowest BCUT2D eigenvalue weighted by Gasteiger charge is -2.07. The fraction of sp³-hybridized carbons (Fsp3) is 0.154. The SMILES string of the molecule is Cc1cc2c(cc1-c1ncc(C#N)c(N)n1)OCO2. The van der Waals surface area contributed by atoms with Crippen molar-refractivity contribution in [2.45, 2.75) is 6.92 Å². The van der Waals surface area contributed by atoms with E-state index in [0.717, 1.165) is 11.1 Å². The van der Waals surface area contributed by atoms with E-state index in [2.05, 4.69) is 9.97 Å². The van der Waals surface area contributed by atoms with E-state index < -0.39 is 0 Å². The maximum atomic E-state index is 8.81. The number of aryl methyl sites for hydroxylation is 1. The van der Waals surface area contributed by atoms with Crippen LogP contribution in [0.5, 0.6) is 11.5 Å². The van der Waals surface area contributed by atoms with Crippen LogP contribution in [0.4, 0.5) is 5.82 Å². The summed E-state index contributed by atoms with van der Waals surface area (Å²) < 4.78 is 10.6. The number of anilines is 1. The summed E-state index contributed by atoms with van der Waals surface area (Å²) >= 11 is 0. The van der Waals surface area contributed by atoms with Crippen molar-refractivity contribution in [3.8, 4) is 29.0 Å². The third kappa shape index (κ3) is 1.81. The topological polar surface area (TPSA) is 94.1 Å². The Balaban J connectivity index is 2.12. The quantitative estimate of drug-likeness (QED) is 0.831. The Morgan fingerprint density at radius 3 is 2.74 bits per heavy atom. The number of hydrogen-bond acceptors (Lipinski definition) is 6. The van der Waals surface area contributed by atoms with Crippen molar-refractivity contribution in [1.29, 1.82) is 5.26 Å². The highest BCUT2D eigenvalue weighted by atomic mass is 16.7. The van der Waals surface area contributed by atoms with Gasteiger partial charge in [0.25, 0.3) is 0 Å². The zero-order valence-electron chi connectivity index (χ0n) is 10.2. The van der Waals surface area contributed by atoms with Gasteiger partial charge in [0.2, 0.25) is 6.79 Å².